The van der Waals surface area contributed by atoms with Crippen LogP contribution in [-0.4, -0.2) is 51.1 Å². The van der Waals surface area contributed by atoms with E-state index in [-0.39, 0.29) is 0 Å². The Balaban J connectivity index is 1.91. The number of aldehydes is 1. The van der Waals surface area contributed by atoms with Crippen LogP contribution in [0.4, 0.5) is 11.4 Å². The highest BCUT2D eigenvalue weighted by molar-refractivity contribution is 5.81. The van der Waals surface area contributed by atoms with Gasteiger partial charge in [0, 0.05) is 70.8 Å². The van der Waals surface area contributed by atoms with Crippen molar-refractivity contribution >= 4 is 23.4 Å². The first-order chi connectivity index (χ1) is 13.1. The number of benzene rings is 1. The van der Waals surface area contributed by atoms with Gasteiger partial charge in [-0.1, -0.05) is 12.1 Å². The summed E-state index contributed by atoms with van der Waals surface area (Å²) in [6.45, 7) is 4.02. The van der Waals surface area contributed by atoms with E-state index in [0.717, 1.165) is 49.2 Å². The van der Waals surface area contributed by atoms with Gasteiger partial charge in [0.2, 0.25) is 0 Å². The van der Waals surface area contributed by atoms with Gasteiger partial charge in [-0.25, -0.2) is 4.99 Å². The minimum Gasteiger partial charge on any atom is -0.378 e. The van der Waals surface area contributed by atoms with Crippen molar-refractivity contribution in [3.8, 4) is 0 Å². The lowest BCUT2D eigenvalue weighted by atomic mass is 10.1. The molecule has 1 aromatic heterocycles. The number of rotatable bonds is 5. The molecule has 142 valence electrons. The molecular formula is C21H27N5O. The molecule has 0 bridgehead atoms. The summed E-state index contributed by atoms with van der Waals surface area (Å²) >= 11 is 0. The average molecular weight is 365 g/mol. The largest absolute Gasteiger partial charge is 0.378 e. The van der Waals surface area contributed by atoms with Crippen LogP contribution in [0.3, 0.4) is 0 Å². The zero-order chi connectivity index (χ0) is 19.2. The van der Waals surface area contributed by atoms with Crippen LogP contribution >= 0.6 is 0 Å². The van der Waals surface area contributed by atoms with E-state index in [9.17, 15) is 4.79 Å². The molecule has 0 saturated carbocycles. The number of nitrogens with one attached hydrogen (secondary N) is 1. The average Bonchev–Trinajstić information content (AvgIpc) is 2.69. The molecule has 0 spiro atoms. The molecule has 3 rings (SSSR count). The first-order valence-corrected chi connectivity index (χ1v) is 9.19. The fourth-order valence-electron chi connectivity index (χ4n) is 3.13. The number of nitrogens with zero attached hydrogens (tertiary/aromatic N) is 4. The van der Waals surface area contributed by atoms with Crippen molar-refractivity contribution in [2.24, 2.45) is 12.0 Å². The number of piperazine rings is 1. The van der Waals surface area contributed by atoms with Crippen LogP contribution in [0.25, 0.3) is 5.70 Å². The van der Waals surface area contributed by atoms with Crippen molar-refractivity contribution in [2.45, 2.75) is 0 Å². The topological polar surface area (TPSA) is 52.9 Å². The second-order valence-corrected chi connectivity index (χ2v) is 6.83. The highest BCUT2D eigenvalue weighted by Crippen LogP contribution is 2.19. The Labute approximate surface area is 160 Å². The van der Waals surface area contributed by atoms with Gasteiger partial charge in [-0.3, -0.25) is 4.79 Å². The molecule has 0 unspecified atom stereocenters. The highest BCUT2D eigenvalue weighted by atomic mass is 16.1. The molecule has 6 heteroatoms. The van der Waals surface area contributed by atoms with Gasteiger partial charge < -0.3 is 19.7 Å². The highest BCUT2D eigenvalue weighted by Gasteiger charge is 2.10. The Bertz CT molecular complexity index is 874. The lowest BCUT2D eigenvalue weighted by Gasteiger charge is -2.29. The Morgan fingerprint density at radius 3 is 2.41 bits per heavy atom. The Morgan fingerprint density at radius 1 is 1.11 bits per heavy atom. The molecule has 27 heavy (non-hydrogen) atoms. The zero-order valence-corrected chi connectivity index (χ0v) is 16.2. The monoisotopic (exact) mass is 365 g/mol. The molecule has 1 aliphatic rings. The number of allylic oxidation sites excluding steroid dienone is 1. The van der Waals surface area contributed by atoms with Crippen LogP contribution < -0.4 is 20.6 Å². The minimum atomic E-state index is 0.654. The molecule has 0 amide bonds. The summed E-state index contributed by atoms with van der Waals surface area (Å²) in [7, 11) is 5.99. The number of carbonyl (C=O) groups excluding carboxylic acids is 1. The predicted octanol–water partition coefficient (Wildman–Crippen LogP) is 1.64. The van der Waals surface area contributed by atoms with Crippen LogP contribution in [0.2, 0.25) is 0 Å². The maximum Gasteiger partial charge on any atom is 0.145 e. The van der Waals surface area contributed by atoms with Crippen LogP contribution in [0.5, 0.6) is 0 Å². The fraction of sp³-hybridized carbons (Fsp3) is 0.333. The second-order valence-electron chi connectivity index (χ2n) is 6.83. The summed E-state index contributed by atoms with van der Waals surface area (Å²) in [6, 6.07) is 12.1. The number of pyridine rings is 1. The maximum absolute atomic E-state index is 11.1. The van der Waals surface area contributed by atoms with Gasteiger partial charge in [0.1, 0.15) is 11.8 Å². The van der Waals surface area contributed by atoms with E-state index < -0.39 is 0 Å². The third-order valence-electron chi connectivity index (χ3n) is 4.71. The van der Waals surface area contributed by atoms with E-state index in [1.807, 2.05) is 60.9 Å². The van der Waals surface area contributed by atoms with Crippen LogP contribution in [0, 0.1) is 0 Å². The summed E-state index contributed by atoms with van der Waals surface area (Å²) in [6.07, 6.45) is 4.39. The molecule has 2 heterocycles. The molecule has 6 nitrogen and oxygen atoms in total. The van der Waals surface area contributed by atoms with Gasteiger partial charge in [-0.15, -0.1) is 0 Å². The van der Waals surface area contributed by atoms with Crippen molar-refractivity contribution < 1.29 is 4.79 Å². The fourth-order valence-corrected chi connectivity index (χ4v) is 3.13. The normalized spacial score (nSPS) is 15.7. The maximum atomic E-state index is 11.1. The molecule has 1 N–H and O–H groups in total. The van der Waals surface area contributed by atoms with Gasteiger partial charge in [0.15, 0.2) is 0 Å². The molecule has 0 aliphatic carbocycles. The number of aryl methyl sites for hydroxylation is 1. The Morgan fingerprint density at radius 2 is 1.81 bits per heavy atom. The number of hydrogen-bond donors (Lipinski definition) is 1. The number of carbonyl (C=O) groups is 1. The first-order valence-electron chi connectivity index (χ1n) is 9.19. The molecule has 1 fully saturated rings. The molecule has 1 saturated heterocycles. The van der Waals surface area contributed by atoms with Gasteiger partial charge in [-0.2, -0.15) is 0 Å². The van der Waals surface area contributed by atoms with Gasteiger partial charge in [0.05, 0.1) is 11.4 Å². The van der Waals surface area contributed by atoms with E-state index >= 15 is 0 Å². The van der Waals surface area contributed by atoms with E-state index in [1.54, 1.807) is 0 Å². The van der Waals surface area contributed by atoms with Crippen molar-refractivity contribution in [1.82, 2.24) is 9.88 Å². The molecule has 2 aromatic rings. The number of aromatic nitrogens is 1. The molecule has 1 aliphatic heterocycles. The SMILES string of the molecule is CN(C)c1ccc(/C(=C/C=O)N=c2ccc(N3CCNCC3)cn2C)cc1. The quantitative estimate of drug-likeness (QED) is 0.647. The van der Waals surface area contributed by atoms with Gasteiger partial charge in [0.25, 0.3) is 0 Å². The number of anilines is 2. The Hall–Kier alpha value is -2.86. The first kappa shape index (κ1) is 18.9. The summed E-state index contributed by atoms with van der Waals surface area (Å²) < 4.78 is 2.00. The predicted molar refractivity (Wildman–Crippen MR) is 111 cm³/mol. The summed E-state index contributed by atoms with van der Waals surface area (Å²) in [4.78, 5) is 20.3. The third-order valence-corrected chi connectivity index (χ3v) is 4.71. The van der Waals surface area contributed by atoms with E-state index in [1.165, 1.54) is 11.8 Å². The second kappa shape index (κ2) is 8.68. The van der Waals surface area contributed by atoms with Crippen LogP contribution in [-0.2, 0) is 11.8 Å². The van der Waals surface area contributed by atoms with Crippen molar-refractivity contribution in [3.63, 3.8) is 0 Å². The summed E-state index contributed by atoms with van der Waals surface area (Å²) in [5.41, 5.74) is 4.67. The molecule has 0 radical (unpaired) electrons. The molecular weight excluding hydrogens is 338 g/mol. The van der Waals surface area contributed by atoms with Gasteiger partial charge >= 0.3 is 0 Å². The van der Waals surface area contributed by atoms with Crippen LogP contribution in [0.1, 0.15) is 5.56 Å². The van der Waals surface area contributed by atoms with Crippen molar-refractivity contribution in [3.05, 3.63) is 59.7 Å². The number of hydrogen-bond acceptors (Lipinski definition) is 5. The zero-order valence-electron chi connectivity index (χ0n) is 16.2. The smallest absolute Gasteiger partial charge is 0.145 e. The van der Waals surface area contributed by atoms with E-state index in [4.69, 9.17) is 4.99 Å². The van der Waals surface area contributed by atoms with Gasteiger partial charge in [-0.05, 0) is 24.3 Å². The summed E-state index contributed by atoms with van der Waals surface area (Å²) in [5, 5.41) is 3.37. The third kappa shape index (κ3) is 4.65. The lowest BCUT2D eigenvalue weighted by Crippen LogP contribution is -2.43. The van der Waals surface area contributed by atoms with E-state index in [2.05, 4.69) is 22.5 Å². The van der Waals surface area contributed by atoms with Crippen molar-refractivity contribution in [1.29, 1.82) is 0 Å². The lowest BCUT2D eigenvalue weighted by molar-refractivity contribution is -0.104. The van der Waals surface area contributed by atoms with E-state index in [0.29, 0.717) is 5.70 Å². The molecule has 0 atom stereocenters. The summed E-state index contributed by atoms with van der Waals surface area (Å²) in [5.74, 6) is 0. The van der Waals surface area contributed by atoms with Crippen molar-refractivity contribution in [2.75, 3.05) is 50.1 Å². The minimum absolute atomic E-state index is 0.654. The Kier molecular flexibility index (Phi) is 6.08. The standard InChI is InChI=1S/C21H27N5O/c1-24(2)18-6-4-17(5-7-18)20(10-15-27)23-21-9-8-19(16-25(21)3)26-13-11-22-12-14-26/h4-10,15-16,22H,11-14H2,1-3H3/b20-10-,23-21?. The van der Waals surface area contributed by atoms with Crippen LogP contribution in [0.15, 0.2) is 53.7 Å². The molecule has 1 aromatic carbocycles.